The van der Waals surface area contributed by atoms with Crippen molar-refractivity contribution in [2.24, 2.45) is 10.9 Å². The maximum atomic E-state index is 13.2. The van der Waals surface area contributed by atoms with Gasteiger partial charge in [-0.05, 0) is 18.2 Å². The van der Waals surface area contributed by atoms with E-state index in [0.29, 0.717) is 40.7 Å². The number of nitriles is 1. The number of carbonyl (C=O) groups is 2. The number of fused-ring (bicyclic) bond motifs is 1. The molecule has 3 heterocycles. The molecule has 0 bridgehead atoms. The van der Waals surface area contributed by atoms with Crippen LogP contribution < -0.4 is 10.6 Å². The lowest BCUT2D eigenvalue weighted by Crippen LogP contribution is -2.57. The minimum atomic E-state index is -0.900. The zero-order chi connectivity index (χ0) is 25.8. The zero-order valence-corrected chi connectivity index (χ0v) is 20.8. The predicted molar refractivity (Wildman–Crippen MR) is 135 cm³/mol. The highest BCUT2D eigenvalue weighted by atomic mass is 35.5. The van der Waals surface area contributed by atoms with Crippen LogP contribution >= 0.6 is 11.6 Å². The van der Waals surface area contributed by atoms with Crippen LogP contribution in [-0.4, -0.2) is 84.3 Å². The van der Waals surface area contributed by atoms with E-state index in [1.165, 1.54) is 18.2 Å². The van der Waals surface area contributed by atoms with Gasteiger partial charge < -0.3 is 25.3 Å². The Hall–Kier alpha value is -4.01. The second-order valence-corrected chi connectivity index (χ2v) is 8.65. The first kappa shape index (κ1) is 25.1. The molecule has 0 radical (unpaired) electrons. The number of benzene rings is 1. The fourth-order valence-electron chi connectivity index (χ4n) is 4.02. The standard InChI is InChI=1S/C24H25ClN8O3/c1-27-17-6-14(25)4-5-15(17)20(28-2)18-9-30-22-21(31-18)16(8-29-22)23(34)32-19(12-36-3)24(35)33-10-13(7-26)11-33/h4-6,8-9,13,19,27H,10-12H2,1-3H3,(H,29,30)(H,32,34)/t19-/m1/s1. The number of hydrogen-bond donors (Lipinski definition) is 3. The van der Waals surface area contributed by atoms with Gasteiger partial charge in [-0.25, -0.2) is 9.97 Å². The van der Waals surface area contributed by atoms with Crippen LogP contribution in [0.2, 0.25) is 5.02 Å². The lowest BCUT2D eigenvalue weighted by Gasteiger charge is -2.37. The predicted octanol–water partition coefficient (Wildman–Crippen LogP) is 1.85. The molecule has 11 nitrogen and oxygen atoms in total. The molecule has 1 saturated heterocycles. The van der Waals surface area contributed by atoms with E-state index in [2.05, 4.69) is 36.6 Å². The van der Waals surface area contributed by atoms with Crippen molar-refractivity contribution in [1.82, 2.24) is 25.2 Å². The number of nitrogens with one attached hydrogen (secondary N) is 3. The summed E-state index contributed by atoms with van der Waals surface area (Å²) in [4.78, 5) is 44.0. The number of aromatic amines is 1. The summed E-state index contributed by atoms with van der Waals surface area (Å²) in [6, 6.07) is 6.61. The van der Waals surface area contributed by atoms with Gasteiger partial charge in [0, 0.05) is 56.8 Å². The molecule has 1 aliphatic rings. The third kappa shape index (κ3) is 4.86. The molecule has 3 N–H and O–H groups in total. The molecular formula is C24H25ClN8O3. The monoisotopic (exact) mass is 508 g/mol. The Balaban J connectivity index is 1.62. The number of ether oxygens (including phenoxy) is 1. The number of anilines is 1. The number of nitrogens with zero attached hydrogens (tertiary/aromatic N) is 5. The van der Waals surface area contributed by atoms with E-state index in [-0.39, 0.29) is 24.0 Å². The summed E-state index contributed by atoms with van der Waals surface area (Å²) in [7, 11) is 4.88. The van der Waals surface area contributed by atoms with Gasteiger partial charge in [0.15, 0.2) is 5.65 Å². The number of amides is 2. The van der Waals surface area contributed by atoms with Gasteiger partial charge in [0.2, 0.25) is 5.91 Å². The van der Waals surface area contributed by atoms with Gasteiger partial charge in [0.25, 0.3) is 5.91 Å². The Morgan fingerprint density at radius 2 is 2.17 bits per heavy atom. The van der Waals surface area contributed by atoms with Crippen LogP contribution in [0.25, 0.3) is 11.2 Å². The van der Waals surface area contributed by atoms with Crippen LogP contribution in [0.15, 0.2) is 35.6 Å². The first-order valence-electron chi connectivity index (χ1n) is 11.2. The lowest BCUT2D eigenvalue weighted by atomic mass is 10.0. The Kier molecular flexibility index (Phi) is 7.47. The van der Waals surface area contributed by atoms with E-state index in [1.54, 1.807) is 32.4 Å². The van der Waals surface area contributed by atoms with Gasteiger partial charge in [0.1, 0.15) is 17.3 Å². The number of halogens is 1. The van der Waals surface area contributed by atoms with E-state index in [0.717, 1.165) is 11.3 Å². The number of rotatable bonds is 8. The largest absolute Gasteiger partial charge is 0.388 e. The maximum absolute atomic E-state index is 13.2. The van der Waals surface area contributed by atoms with Crippen molar-refractivity contribution in [3.8, 4) is 6.07 Å². The van der Waals surface area contributed by atoms with Crippen LogP contribution in [0.5, 0.6) is 0 Å². The minimum Gasteiger partial charge on any atom is -0.388 e. The minimum absolute atomic E-state index is 0.00637. The van der Waals surface area contributed by atoms with Crippen LogP contribution in [0.1, 0.15) is 21.6 Å². The Morgan fingerprint density at radius 3 is 2.83 bits per heavy atom. The molecule has 186 valence electrons. The van der Waals surface area contributed by atoms with Gasteiger partial charge in [-0.1, -0.05) is 11.6 Å². The molecule has 0 unspecified atom stereocenters. The molecule has 4 rings (SSSR count). The van der Waals surface area contributed by atoms with E-state index in [4.69, 9.17) is 21.6 Å². The highest BCUT2D eigenvalue weighted by Gasteiger charge is 2.35. The number of H-pyrrole nitrogens is 1. The SMILES string of the molecule is CN=C(c1cnc2[nH]cc(C(=O)N[C@H](COC)C(=O)N3CC(C#N)C3)c2n1)c1ccc(Cl)cc1NC. The molecule has 1 aromatic carbocycles. The number of methoxy groups -OCH3 is 1. The number of hydrogen-bond acceptors (Lipinski definition) is 8. The second kappa shape index (κ2) is 10.7. The summed E-state index contributed by atoms with van der Waals surface area (Å²) < 4.78 is 5.15. The quantitative estimate of drug-likeness (QED) is 0.393. The molecule has 2 aromatic heterocycles. The Bertz CT molecular complexity index is 1370. The molecule has 1 aliphatic heterocycles. The molecular weight excluding hydrogens is 484 g/mol. The molecule has 1 fully saturated rings. The smallest absolute Gasteiger partial charge is 0.255 e. The number of carbonyl (C=O) groups excluding carboxylic acids is 2. The topological polar surface area (TPSA) is 148 Å². The van der Waals surface area contributed by atoms with Gasteiger partial charge in [-0.2, -0.15) is 5.26 Å². The highest BCUT2D eigenvalue weighted by Crippen LogP contribution is 2.24. The Labute approximate surface area is 212 Å². The van der Waals surface area contributed by atoms with Crippen molar-refractivity contribution in [1.29, 1.82) is 5.26 Å². The van der Waals surface area contributed by atoms with E-state index in [1.807, 2.05) is 6.07 Å². The number of likely N-dealkylation sites (tertiary alicyclic amines) is 1. The summed E-state index contributed by atoms with van der Waals surface area (Å²) >= 11 is 6.14. The van der Waals surface area contributed by atoms with Crippen molar-refractivity contribution in [2.75, 3.05) is 46.2 Å². The summed E-state index contributed by atoms with van der Waals surface area (Å²) in [6.07, 6.45) is 3.07. The molecule has 0 spiro atoms. The first-order valence-corrected chi connectivity index (χ1v) is 11.5. The molecule has 12 heteroatoms. The number of aromatic nitrogens is 3. The second-order valence-electron chi connectivity index (χ2n) is 8.22. The Morgan fingerprint density at radius 1 is 1.39 bits per heavy atom. The van der Waals surface area contributed by atoms with Crippen LogP contribution in [0, 0.1) is 17.2 Å². The fraction of sp³-hybridized carbons (Fsp3) is 0.333. The number of aliphatic imine (C=N–C) groups is 1. The van der Waals surface area contributed by atoms with Gasteiger partial charge in [-0.15, -0.1) is 0 Å². The normalized spacial score (nSPS) is 14.8. The average molecular weight is 509 g/mol. The summed E-state index contributed by atoms with van der Waals surface area (Å²) in [5.41, 5.74) is 3.55. The van der Waals surface area contributed by atoms with Crippen molar-refractivity contribution in [2.45, 2.75) is 6.04 Å². The zero-order valence-electron chi connectivity index (χ0n) is 20.0. The molecule has 0 aliphatic carbocycles. The van der Waals surface area contributed by atoms with Crippen molar-refractivity contribution < 1.29 is 14.3 Å². The van der Waals surface area contributed by atoms with Crippen LogP contribution in [-0.2, 0) is 9.53 Å². The third-order valence-corrected chi connectivity index (χ3v) is 6.15. The summed E-state index contributed by atoms with van der Waals surface area (Å²) in [5, 5.41) is 15.4. The first-order chi connectivity index (χ1) is 17.4. The molecule has 0 saturated carbocycles. The highest BCUT2D eigenvalue weighted by molar-refractivity contribution is 6.31. The van der Waals surface area contributed by atoms with Crippen molar-refractivity contribution >= 4 is 46.0 Å². The van der Waals surface area contributed by atoms with Crippen LogP contribution in [0.3, 0.4) is 0 Å². The van der Waals surface area contributed by atoms with E-state index in [9.17, 15) is 9.59 Å². The van der Waals surface area contributed by atoms with E-state index < -0.39 is 11.9 Å². The lowest BCUT2D eigenvalue weighted by molar-refractivity contribution is -0.139. The average Bonchev–Trinajstić information content (AvgIpc) is 3.27. The summed E-state index contributed by atoms with van der Waals surface area (Å²) in [6.45, 7) is 0.672. The van der Waals surface area contributed by atoms with E-state index >= 15 is 0 Å². The summed E-state index contributed by atoms with van der Waals surface area (Å²) in [5.74, 6) is -0.988. The fourth-order valence-corrected chi connectivity index (χ4v) is 4.19. The molecule has 1 atom stereocenters. The van der Waals surface area contributed by atoms with Gasteiger partial charge in [-0.3, -0.25) is 14.6 Å². The van der Waals surface area contributed by atoms with Gasteiger partial charge in [0.05, 0.1) is 36.1 Å². The molecule has 2 amide bonds. The van der Waals surface area contributed by atoms with Crippen LogP contribution in [0.4, 0.5) is 5.69 Å². The van der Waals surface area contributed by atoms with Gasteiger partial charge >= 0.3 is 0 Å². The molecule has 36 heavy (non-hydrogen) atoms. The molecule has 3 aromatic rings. The third-order valence-electron chi connectivity index (χ3n) is 5.91. The van der Waals surface area contributed by atoms with Crippen molar-refractivity contribution in [3.05, 3.63) is 52.4 Å². The van der Waals surface area contributed by atoms with Crippen molar-refractivity contribution in [3.63, 3.8) is 0 Å². The maximum Gasteiger partial charge on any atom is 0.255 e.